The number of aromatic amines is 2. The lowest BCUT2D eigenvalue weighted by atomic mass is 10.3. The maximum absolute atomic E-state index is 12.0. The molecule has 2 N–H and O–H groups in total. The van der Waals surface area contributed by atoms with E-state index in [0.29, 0.717) is 17.3 Å². The van der Waals surface area contributed by atoms with Crippen molar-refractivity contribution in [2.24, 2.45) is 0 Å². The molecule has 2 aromatic rings. The third kappa shape index (κ3) is 2.62. The zero-order valence-corrected chi connectivity index (χ0v) is 10.5. The summed E-state index contributed by atoms with van der Waals surface area (Å²) in [5.41, 5.74) is 1.29. The van der Waals surface area contributed by atoms with Crippen LogP contribution in [0.15, 0.2) is 18.5 Å². The van der Waals surface area contributed by atoms with E-state index in [1.165, 1.54) is 6.07 Å². The first-order valence-corrected chi connectivity index (χ1v) is 5.60. The van der Waals surface area contributed by atoms with Crippen molar-refractivity contribution in [1.29, 1.82) is 0 Å². The smallest absolute Gasteiger partial charge is 0.270 e. The van der Waals surface area contributed by atoms with Crippen LogP contribution in [0.5, 0.6) is 0 Å². The molecule has 5 nitrogen and oxygen atoms in total. The third-order valence-corrected chi connectivity index (χ3v) is 2.97. The number of halogens is 2. The molecule has 7 heteroatoms. The van der Waals surface area contributed by atoms with E-state index in [1.54, 1.807) is 24.3 Å². The Kier molecular flexibility index (Phi) is 3.40. The topological polar surface area (TPSA) is 64.8 Å². The summed E-state index contributed by atoms with van der Waals surface area (Å²) in [7, 11) is 1.69. The SMILES string of the molecule is CN(Cc1cn[nH]c1)C(=O)c1cc(Cl)c(Cl)[nH]1. The molecule has 0 radical (unpaired) electrons. The molecule has 2 rings (SSSR count). The molecule has 0 unspecified atom stereocenters. The largest absolute Gasteiger partial charge is 0.340 e. The number of carbonyl (C=O) groups is 1. The molecule has 0 bridgehead atoms. The summed E-state index contributed by atoms with van der Waals surface area (Å²) in [5.74, 6) is -0.181. The summed E-state index contributed by atoms with van der Waals surface area (Å²) in [4.78, 5) is 16.3. The fraction of sp³-hybridized carbons (Fsp3) is 0.200. The highest BCUT2D eigenvalue weighted by Crippen LogP contribution is 2.22. The third-order valence-electron chi connectivity index (χ3n) is 2.28. The second-order valence-electron chi connectivity index (χ2n) is 3.61. The molecule has 2 heterocycles. The summed E-state index contributed by atoms with van der Waals surface area (Å²) in [6, 6.07) is 1.51. The van der Waals surface area contributed by atoms with Crippen LogP contribution in [-0.2, 0) is 6.54 Å². The minimum atomic E-state index is -0.181. The highest BCUT2D eigenvalue weighted by molar-refractivity contribution is 6.41. The average molecular weight is 273 g/mol. The van der Waals surface area contributed by atoms with Crippen molar-refractivity contribution < 1.29 is 4.79 Å². The van der Waals surface area contributed by atoms with Crippen LogP contribution in [0.3, 0.4) is 0 Å². The Morgan fingerprint density at radius 1 is 1.53 bits per heavy atom. The molecule has 0 spiro atoms. The Morgan fingerprint density at radius 2 is 2.29 bits per heavy atom. The van der Waals surface area contributed by atoms with Gasteiger partial charge < -0.3 is 9.88 Å². The maximum Gasteiger partial charge on any atom is 0.270 e. The van der Waals surface area contributed by atoms with Crippen LogP contribution >= 0.6 is 23.2 Å². The first-order chi connectivity index (χ1) is 8.08. The van der Waals surface area contributed by atoms with E-state index in [4.69, 9.17) is 23.2 Å². The van der Waals surface area contributed by atoms with Gasteiger partial charge in [0.05, 0.1) is 11.2 Å². The molecular weight excluding hydrogens is 263 g/mol. The molecule has 2 aromatic heterocycles. The van der Waals surface area contributed by atoms with Gasteiger partial charge in [0.25, 0.3) is 5.91 Å². The molecule has 0 aliphatic heterocycles. The summed E-state index contributed by atoms with van der Waals surface area (Å²) in [6.45, 7) is 0.462. The van der Waals surface area contributed by atoms with E-state index in [0.717, 1.165) is 5.56 Å². The minimum Gasteiger partial charge on any atom is -0.340 e. The van der Waals surface area contributed by atoms with E-state index < -0.39 is 0 Å². The van der Waals surface area contributed by atoms with Crippen LogP contribution in [-0.4, -0.2) is 33.0 Å². The van der Waals surface area contributed by atoms with E-state index >= 15 is 0 Å². The van der Waals surface area contributed by atoms with Gasteiger partial charge in [-0.1, -0.05) is 23.2 Å². The molecule has 90 valence electrons. The summed E-state index contributed by atoms with van der Waals surface area (Å²) >= 11 is 11.5. The second-order valence-corrected chi connectivity index (χ2v) is 4.40. The predicted octanol–water partition coefficient (Wildman–Crippen LogP) is 2.32. The molecule has 0 aliphatic carbocycles. The number of rotatable bonds is 3. The van der Waals surface area contributed by atoms with Gasteiger partial charge >= 0.3 is 0 Å². The van der Waals surface area contributed by atoms with Crippen molar-refractivity contribution in [2.45, 2.75) is 6.54 Å². The van der Waals surface area contributed by atoms with Gasteiger partial charge in [-0.3, -0.25) is 9.89 Å². The average Bonchev–Trinajstić information content (AvgIpc) is 2.89. The molecular formula is C10H10Cl2N4O. The lowest BCUT2D eigenvalue weighted by molar-refractivity contribution is 0.0780. The quantitative estimate of drug-likeness (QED) is 0.901. The predicted molar refractivity (Wildman–Crippen MR) is 65.2 cm³/mol. The second kappa shape index (κ2) is 4.81. The molecule has 1 amide bonds. The lowest BCUT2D eigenvalue weighted by Gasteiger charge is -2.14. The van der Waals surface area contributed by atoms with E-state index in [9.17, 15) is 4.79 Å². The van der Waals surface area contributed by atoms with Gasteiger partial charge in [0.15, 0.2) is 0 Å². The summed E-state index contributed by atoms with van der Waals surface area (Å²) < 4.78 is 0. The molecule has 0 aliphatic rings. The number of nitrogens with zero attached hydrogens (tertiary/aromatic N) is 2. The number of H-pyrrole nitrogens is 2. The van der Waals surface area contributed by atoms with E-state index in [1.807, 2.05) is 0 Å². The Labute approximate surface area is 108 Å². The van der Waals surface area contributed by atoms with Crippen LogP contribution < -0.4 is 0 Å². The number of aromatic nitrogens is 3. The van der Waals surface area contributed by atoms with Crippen molar-refractivity contribution in [1.82, 2.24) is 20.1 Å². The van der Waals surface area contributed by atoms with Gasteiger partial charge in [0.1, 0.15) is 10.8 Å². The molecule has 0 aromatic carbocycles. The van der Waals surface area contributed by atoms with Crippen LogP contribution in [0.25, 0.3) is 0 Å². The molecule has 0 atom stereocenters. The number of amides is 1. The minimum absolute atomic E-state index is 0.181. The van der Waals surface area contributed by atoms with Gasteiger partial charge in [0.2, 0.25) is 0 Å². The Hall–Kier alpha value is -1.46. The molecule has 0 saturated carbocycles. The Bertz CT molecular complexity index is 501. The normalized spacial score (nSPS) is 10.5. The summed E-state index contributed by atoms with van der Waals surface area (Å²) in [5, 5.41) is 7.11. The van der Waals surface area contributed by atoms with Crippen molar-refractivity contribution in [2.75, 3.05) is 7.05 Å². The first-order valence-electron chi connectivity index (χ1n) is 4.85. The zero-order chi connectivity index (χ0) is 12.4. The standard InChI is InChI=1S/C10H10Cl2N4O/c1-16(5-6-3-13-14-4-6)10(17)8-2-7(11)9(12)15-8/h2-4,15H,5H2,1H3,(H,13,14). The van der Waals surface area contributed by atoms with Crippen molar-refractivity contribution in [3.63, 3.8) is 0 Å². The van der Waals surface area contributed by atoms with Crippen molar-refractivity contribution in [3.05, 3.63) is 39.9 Å². The Morgan fingerprint density at radius 3 is 2.82 bits per heavy atom. The highest BCUT2D eigenvalue weighted by Gasteiger charge is 2.16. The monoisotopic (exact) mass is 272 g/mol. The van der Waals surface area contributed by atoms with Crippen LogP contribution in [0.2, 0.25) is 10.2 Å². The number of carbonyl (C=O) groups excluding carboxylic acids is 1. The molecule has 17 heavy (non-hydrogen) atoms. The molecule has 0 fully saturated rings. The van der Waals surface area contributed by atoms with Gasteiger partial charge in [-0.2, -0.15) is 5.10 Å². The fourth-order valence-corrected chi connectivity index (χ4v) is 1.75. The first kappa shape index (κ1) is 12.0. The molecule has 0 saturated heterocycles. The van der Waals surface area contributed by atoms with Gasteiger partial charge in [-0.05, 0) is 6.07 Å². The van der Waals surface area contributed by atoms with Crippen molar-refractivity contribution in [3.8, 4) is 0 Å². The van der Waals surface area contributed by atoms with Gasteiger partial charge in [-0.25, -0.2) is 0 Å². The number of hydrogen-bond donors (Lipinski definition) is 2. The zero-order valence-electron chi connectivity index (χ0n) is 9.00. The Balaban J connectivity index is 2.09. The van der Waals surface area contributed by atoms with E-state index in [2.05, 4.69) is 15.2 Å². The summed E-state index contributed by atoms with van der Waals surface area (Å²) in [6.07, 6.45) is 3.40. The lowest BCUT2D eigenvalue weighted by Crippen LogP contribution is -2.26. The number of nitrogens with one attached hydrogen (secondary N) is 2. The van der Waals surface area contributed by atoms with E-state index in [-0.39, 0.29) is 11.1 Å². The maximum atomic E-state index is 12.0. The number of hydrogen-bond acceptors (Lipinski definition) is 2. The van der Waals surface area contributed by atoms with Gasteiger partial charge in [-0.15, -0.1) is 0 Å². The van der Waals surface area contributed by atoms with Crippen molar-refractivity contribution >= 4 is 29.1 Å². The van der Waals surface area contributed by atoms with Crippen LogP contribution in [0.4, 0.5) is 0 Å². The highest BCUT2D eigenvalue weighted by atomic mass is 35.5. The van der Waals surface area contributed by atoms with Gasteiger partial charge in [0, 0.05) is 25.4 Å². The fourth-order valence-electron chi connectivity index (χ4n) is 1.43. The van der Waals surface area contributed by atoms with Crippen LogP contribution in [0.1, 0.15) is 16.1 Å². The van der Waals surface area contributed by atoms with Crippen LogP contribution in [0, 0.1) is 0 Å².